The molecule has 1 heterocycles. The number of fused-ring (bicyclic) bond motifs is 1. The third-order valence-electron chi connectivity index (χ3n) is 4.88. The molecule has 0 spiro atoms. The average Bonchev–Trinajstić information content (AvgIpc) is 2.74. The lowest BCUT2D eigenvalue weighted by molar-refractivity contribution is -0.384. The molecule has 3 aromatic rings. The SMILES string of the molecule is COc1ccc2c(c1)OC(c1ccc([N+](=O)[O-])cc1)C(c1ccccc1)C2=O. The van der Waals surface area contributed by atoms with Gasteiger partial charge in [-0.1, -0.05) is 30.3 Å². The van der Waals surface area contributed by atoms with E-state index >= 15 is 0 Å². The van der Waals surface area contributed by atoms with Gasteiger partial charge < -0.3 is 9.47 Å². The van der Waals surface area contributed by atoms with Crippen LogP contribution in [0.5, 0.6) is 11.5 Å². The summed E-state index contributed by atoms with van der Waals surface area (Å²) in [6.07, 6.45) is -0.602. The van der Waals surface area contributed by atoms with E-state index in [1.165, 1.54) is 12.1 Å². The van der Waals surface area contributed by atoms with E-state index in [4.69, 9.17) is 9.47 Å². The van der Waals surface area contributed by atoms with Crippen molar-refractivity contribution < 1.29 is 19.2 Å². The summed E-state index contributed by atoms with van der Waals surface area (Å²) in [6, 6.07) is 20.7. The minimum absolute atomic E-state index is 0.00998. The number of benzene rings is 3. The number of methoxy groups -OCH3 is 1. The van der Waals surface area contributed by atoms with Crippen molar-refractivity contribution in [3.63, 3.8) is 0 Å². The molecule has 6 nitrogen and oxygen atoms in total. The second-order valence-electron chi connectivity index (χ2n) is 6.50. The predicted molar refractivity (Wildman–Crippen MR) is 103 cm³/mol. The Labute approximate surface area is 161 Å². The quantitative estimate of drug-likeness (QED) is 0.488. The van der Waals surface area contributed by atoms with Gasteiger partial charge in [0.2, 0.25) is 0 Å². The number of nitrogens with zero attached hydrogens (tertiary/aromatic N) is 1. The minimum Gasteiger partial charge on any atom is -0.497 e. The normalized spacial score (nSPS) is 18.1. The fourth-order valence-corrected chi connectivity index (χ4v) is 3.47. The van der Waals surface area contributed by atoms with Crippen LogP contribution in [-0.4, -0.2) is 17.8 Å². The van der Waals surface area contributed by atoms with Crippen molar-refractivity contribution in [3.8, 4) is 11.5 Å². The van der Waals surface area contributed by atoms with Gasteiger partial charge in [0, 0.05) is 18.2 Å². The monoisotopic (exact) mass is 375 g/mol. The van der Waals surface area contributed by atoms with Gasteiger partial charge in [0.1, 0.15) is 17.6 Å². The van der Waals surface area contributed by atoms with E-state index in [-0.39, 0.29) is 11.5 Å². The van der Waals surface area contributed by atoms with Gasteiger partial charge in [-0.25, -0.2) is 0 Å². The molecule has 6 heteroatoms. The summed E-state index contributed by atoms with van der Waals surface area (Å²) >= 11 is 0. The first kappa shape index (κ1) is 17.7. The van der Waals surface area contributed by atoms with Crippen LogP contribution in [0.25, 0.3) is 0 Å². The molecule has 0 N–H and O–H groups in total. The smallest absolute Gasteiger partial charge is 0.269 e. The van der Waals surface area contributed by atoms with Gasteiger partial charge in [-0.15, -0.1) is 0 Å². The number of non-ortho nitro benzene ring substituents is 1. The molecule has 0 aliphatic carbocycles. The van der Waals surface area contributed by atoms with Gasteiger partial charge in [-0.2, -0.15) is 0 Å². The molecule has 0 fully saturated rings. The van der Waals surface area contributed by atoms with Crippen LogP contribution >= 0.6 is 0 Å². The largest absolute Gasteiger partial charge is 0.497 e. The zero-order chi connectivity index (χ0) is 19.7. The standard InChI is InChI=1S/C22H17NO5/c1-27-17-11-12-18-19(13-17)28-22(15-7-9-16(10-8-15)23(25)26)20(21(18)24)14-5-3-2-4-6-14/h2-13,20,22H,1H3. The summed E-state index contributed by atoms with van der Waals surface area (Å²) in [5, 5.41) is 11.0. The van der Waals surface area contributed by atoms with Crippen molar-refractivity contribution in [2.45, 2.75) is 12.0 Å². The minimum atomic E-state index is -0.602. The van der Waals surface area contributed by atoms with Crippen LogP contribution < -0.4 is 9.47 Å². The van der Waals surface area contributed by atoms with E-state index < -0.39 is 16.9 Å². The van der Waals surface area contributed by atoms with Gasteiger partial charge in [-0.05, 0) is 35.4 Å². The third-order valence-corrected chi connectivity index (χ3v) is 4.88. The zero-order valence-electron chi connectivity index (χ0n) is 15.1. The van der Waals surface area contributed by atoms with Crippen LogP contribution in [0.4, 0.5) is 5.69 Å². The lowest BCUT2D eigenvalue weighted by atomic mass is 9.81. The van der Waals surface area contributed by atoms with E-state index in [0.29, 0.717) is 22.6 Å². The first-order valence-corrected chi connectivity index (χ1v) is 8.76. The Balaban J connectivity index is 1.82. The second-order valence-corrected chi connectivity index (χ2v) is 6.50. The van der Waals surface area contributed by atoms with Gasteiger partial charge in [0.25, 0.3) is 5.69 Å². The van der Waals surface area contributed by atoms with Crippen LogP contribution in [-0.2, 0) is 0 Å². The molecular weight excluding hydrogens is 358 g/mol. The molecule has 0 bridgehead atoms. The van der Waals surface area contributed by atoms with Crippen molar-refractivity contribution >= 4 is 11.5 Å². The number of ether oxygens (including phenoxy) is 2. The highest BCUT2D eigenvalue weighted by Crippen LogP contribution is 2.45. The number of nitro groups is 1. The Morgan fingerprint density at radius 2 is 1.68 bits per heavy atom. The van der Waals surface area contributed by atoms with Gasteiger partial charge >= 0.3 is 0 Å². The van der Waals surface area contributed by atoms with E-state index in [9.17, 15) is 14.9 Å². The average molecular weight is 375 g/mol. The number of hydrogen-bond donors (Lipinski definition) is 0. The number of hydrogen-bond acceptors (Lipinski definition) is 5. The maximum Gasteiger partial charge on any atom is 0.269 e. The molecular formula is C22H17NO5. The Kier molecular flexibility index (Phi) is 4.53. The Morgan fingerprint density at radius 3 is 2.32 bits per heavy atom. The molecule has 28 heavy (non-hydrogen) atoms. The fourth-order valence-electron chi connectivity index (χ4n) is 3.47. The molecule has 1 aliphatic rings. The highest BCUT2D eigenvalue weighted by molar-refractivity contribution is 6.04. The van der Waals surface area contributed by atoms with E-state index in [2.05, 4.69) is 0 Å². The van der Waals surface area contributed by atoms with E-state index in [1.807, 2.05) is 30.3 Å². The summed E-state index contributed by atoms with van der Waals surface area (Å²) in [4.78, 5) is 23.9. The molecule has 4 rings (SSSR count). The van der Waals surface area contributed by atoms with Crippen LogP contribution in [0.15, 0.2) is 72.8 Å². The van der Waals surface area contributed by atoms with E-state index in [1.54, 1.807) is 37.4 Å². The highest BCUT2D eigenvalue weighted by Gasteiger charge is 2.39. The van der Waals surface area contributed by atoms with Gasteiger partial charge in [0.05, 0.1) is 23.5 Å². The van der Waals surface area contributed by atoms with Crippen LogP contribution in [0.3, 0.4) is 0 Å². The topological polar surface area (TPSA) is 78.7 Å². The molecule has 0 amide bonds. The summed E-state index contributed by atoms with van der Waals surface area (Å²) in [7, 11) is 1.55. The zero-order valence-corrected chi connectivity index (χ0v) is 15.1. The summed E-state index contributed by atoms with van der Waals surface area (Å²) < 4.78 is 11.5. The lowest BCUT2D eigenvalue weighted by Gasteiger charge is -2.33. The Bertz CT molecular complexity index is 1030. The first-order chi connectivity index (χ1) is 13.6. The maximum absolute atomic E-state index is 13.3. The van der Waals surface area contributed by atoms with Crippen molar-refractivity contribution in [3.05, 3.63) is 99.6 Å². The molecule has 2 atom stereocenters. The van der Waals surface area contributed by atoms with Crippen molar-refractivity contribution in [1.82, 2.24) is 0 Å². The number of carbonyl (C=O) groups is 1. The maximum atomic E-state index is 13.3. The molecule has 2 unspecified atom stereocenters. The van der Waals surface area contributed by atoms with Crippen molar-refractivity contribution in [1.29, 1.82) is 0 Å². The molecule has 140 valence electrons. The fraction of sp³-hybridized carbons (Fsp3) is 0.136. The lowest BCUT2D eigenvalue weighted by Crippen LogP contribution is -2.30. The van der Waals surface area contributed by atoms with Crippen LogP contribution in [0.1, 0.15) is 33.5 Å². The van der Waals surface area contributed by atoms with Gasteiger partial charge in [-0.3, -0.25) is 14.9 Å². The number of Topliss-reactive ketones (excluding diaryl/α,β-unsaturated/α-hetero) is 1. The number of rotatable bonds is 4. The van der Waals surface area contributed by atoms with Crippen molar-refractivity contribution in [2.75, 3.05) is 7.11 Å². The van der Waals surface area contributed by atoms with Gasteiger partial charge in [0.15, 0.2) is 5.78 Å². The highest BCUT2D eigenvalue weighted by atomic mass is 16.6. The number of nitro benzene ring substituents is 1. The number of carbonyl (C=O) groups excluding carboxylic acids is 1. The van der Waals surface area contributed by atoms with Crippen LogP contribution in [0, 0.1) is 10.1 Å². The summed E-state index contributed by atoms with van der Waals surface area (Å²) in [5.41, 5.74) is 2.01. The summed E-state index contributed by atoms with van der Waals surface area (Å²) in [6.45, 7) is 0. The Morgan fingerprint density at radius 1 is 0.964 bits per heavy atom. The summed E-state index contributed by atoms with van der Waals surface area (Å²) in [5.74, 6) is 0.425. The predicted octanol–water partition coefficient (Wildman–Crippen LogP) is 4.70. The van der Waals surface area contributed by atoms with Crippen LogP contribution in [0.2, 0.25) is 0 Å². The Hall–Kier alpha value is -3.67. The third kappa shape index (κ3) is 3.09. The molecule has 1 aliphatic heterocycles. The molecule has 0 saturated heterocycles. The second kappa shape index (κ2) is 7.15. The molecule has 0 radical (unpaired) electrons. The molecule has 0 aromatic heterocycles. The number of ketones is 1. The first-order valence-electron chi connectivity index (χ1n) is 8.76. The van der Waals surface area contributed by atoms with Crippen molar-refractivity contribution in [2.24, 2.45) is 0 Å². The molecule has 0 saturated carbocycles. The van der Waals surface area contributed by atoms with E-state index in [0.717, 1.165) is 5.56 Å². The molecule has 3 aromatic carbocycles.